The smallest absolute Gasteiger partial charge is 0.161 e. The summed E-state index contributed by atoms with van der Waals surface area (Å²) in [5, 5.41) is 4.19. The standard InChI is InChI=1S/C21H19FN4O2/c22-15-4-7-18(8-5-15)27-13-16-6-3-14(12-25-16)10-17-11-20(28-26-17)19-2-1-9-24-21(19)23/h1-9,12,20H,10-11,13H2,(H2,23,24). The molecule has 0 bridgehead atoms. The molecule has 0 fully saturated rings. The Bertz CT molecular complexity index is 974. The Balaban J connectivity index is 1.31. The minimum absolute atomic E-state index is 0.194. The number of anilines is 1. The van der Waals surface area contributed by atoms with Crippen molar-refractivity contribution in [1.29, 1.82) is 0 Å². The topological polar surface area (TPSA) is 82.6 Å². The second kappa shape index (κ2) is 8.04. The van der Waals surface area contributed by atoms with Gasteiger partial charge in [-0.25, -0.2) is 9.37 Å². The molecule has 0 radical (unpaired) electrons. The predicted octanol–water partition coefficient (Wildman–Crippen LogP) is 3.84. The molecule has 3 heterocycles. The number of nitrogens with two attached hydrogens (primary N) is 1. The number of oxime groups is 1. The fourth-order valence-electron chi connectivity index (χ4n) is 2.97. The number of ether oxygens (including phenoxy) is 1. The van der Waals surface area contributed by atoms with E-state index in [-0.39, 0.29) is 11.9 Å². The van der Waals surface area contributed by atoms with Gasteiger partial charge in [0.15, 0.2) is 6.10 Å². The number of halogens is 1. The van der Waals surface area contributed by atoms with E-state index in [1.807, 2.05) is 24.3 Å². The van der Waals surface area contributed by atoms with E-state index in [0.717, 1.165) is 22.5 Å². The highest BCUT2D eigenvalue weighted by Gasteiger charge is 2.25. The van der Waals surface area contributed by atoms with Crippen LogP contribution in [0.25, 0.3) is 0 Å². The number of hydrogen-bond acceptors (Lipinski definition) is 6. The fourth-order valence-corrected chi connectivity index (χ4v) is 2.97. The molecule has 1 unspecified atom stereocenters. The second-order valence-electron chi connectivity index (χ2n) is 6.51. The maximum absolute atomic E-state index is 12.9. The van der Waals surface area contributed by atoms with E-state index in [1.165, 1.54) is 12.1 Å². The van der Waals surface area contributed by atoms with Gasteiger partial charge < -0.3 is 15.3 Å². The van der Waals surface area contributed by atoms with Gasteiger partial charge in [0.25, 0.3) is 0 Å². The summed E-state index contributed by atoms with van der Waals surface area (Å²) in [4.78, 5) is 14.0. The molecule has 0 amide bonds. The zero-order valence-corrected chi connectivity index (χ0v) is 15.1. The van der Waals surface area contributed by atoms with Crippen molar-refractivity contribution in [3.8, 4) is 5.75 Å². The highest BCUT2D eigenvalue weighted by Crippen LogP contribution is 2.30. The van der Waals surface area contributed by atoms with Crippen molar-refractivity contribution in [2.24, 2.45) is 5.16 Å². The first-order valence-corrected chi connectivity index (χ1v) is 8.91. The van der Waals surface area contributed by atoms with Crippen LogP contribution in [0.5, 0.6) is 5.75 Å². The molecule has 142 valence electrons. The van der Waals surface area contributed by atoms with Crippen LogP contribution in [0, 0.1) is 5.82 Å². The summed E-state index contributed by atoms with van der Waals surface area (Å²) in [6.45, 7) is 0.318. The summed E-state index contributed by atoms with van der Waals surface area (Å²) in [5.74, 6) is 0.781. The molecule has 1 aromatic carbocycles. The summed E-state index contributed by atoms with van der Waals surface area (Å²) >= 11 is 0. The molecule has 7 heteroatoms. The largest absolute Gasteiger partial charge is 0.487 e. The number of nitrogen functional groups attached to an aromatic ring is 1. The molecule has 0 saturated carbocycles. The van der Waals surface area contributed by atoms with Crippen LogP contribution in [0.2, 0.25) is 0 Å². The normalized spacial score (nSPS) is 15.8. The number of benzene rings is 1. The zero-order valence-electron chi connectivity index (χ0n) is 15.1. The lowest BCUT2D eigenvalue weighted by atomic mass is 10.0. The predicted molar refractivity (Wildman–Crippen MR) is 103 cm³/mol. The third kappa shape index (κ3) is 4.25. The van der Waals surface area contributed by atoms with Crippen molar-refractivity contribution in [2.45, 2.75) is 25.6 Å². The Labute approximate surface area is 161 Å². The summed E-state index contributed by atoms with van der Waals surface area (Å²) in [7, 11) is 0. The van der Waals surface area contributed by atoms with E-state index >= 15 is 0 Å². The van der Waals surface area contributed by atoms with Crippen molar-refractivity contribution in [3.05, 3.63) is 83.6 Å². The maximum Gasteiger partial charge on any atom is 0.161 e. The van der Waals surface area contributed by atoms with E-state index < -0.39 is 0 Å². The van der Waals surface area contributed by atoms with Gasteiger partial charge in [0.1, 0.15) is 24.0 Å². The molecule has 1 aliphatic rings. The SMILES string of the molecule is Nc1ncccc1C1CC(Cc2ccc(COc3ccc(F)cc3)nc2)=NO1. The minimum atomic E-state index is -0.290. The summed E-state index contributed by atoms with van der Waals surface area (Å²) in [5.41, 5.74) is 9.53. The minimum Gasteiger partial charge on any atom is -0.487 e. The van der Waals surface area contributed by atoms with Crippen molar-refractivity contribution in [2.75, 3.05) is 5.73 Å². The van der Waals surface area contributed by atoms with Crippen LogP contribution < -0.4 is 10.5 Å². The lowest BCUT2D eigenvalue weighted by Gasteiger charge is -2.10. The number of rotatable bonds is 6. The Hall–Kier alpha value is -3.48. The third-order valence-electron chi connectivity index (χ3n) is 4.44. The molecule has 1 aliphatic heterocycles. The molecule has 0 aliphatic carbocycles. The molecule has 2 N–H and O–H groups in total. The number of nitrogens with zero attached hydrogens (tertiary/aromatic N) is 3. The number of pyridine rings is 2. The Morgan fingerprint density at radius 3 is 2.71 bits per heavy atom. The van der Waals surface area contributed by atoms with Crippen LogP contribution in [0.1, 0.15) is 29.3 Å². The molecular formula is C21H19FN4O2. The van der Waals surface area contributed by atoms with Gasteiger partial charge in [-0.1, -0.05) is 11.2 Å². The van der Waals surface area contributed by atoms with E-state index in [1.54, 1.807) is 24.5 Å². The van der Waals surface area contributed by atoms with E-state index in [0.29, 0.717) is 31.0 Å². The molecule has 6 nitrogen and oxygen atoms in total. The summed E-state index contributed by atoms with van der Waals surface area (Å²) in [6, 6.07) is 13.6. The van der Waals surface area contributed by atoms with E-state index in [4.69, 9.17) is 15.3 Å². The van der Waals surface area contributed by atoms with Crippen molar-refractivity contribution >= 4 is 11.5 Å². The quantitative estimate of drug-likeness (QED) is 0.705. The molecular weight excluding hydrogens is 359 g/mol. The van der Waals surface area contributed by atoms with Crippen LogP contribution >= 0.6 is 0 Å². The Kier molecular flexibility index (Phi) is 5.14. The van der Waals surface area contributed by atoms with Gasteiger partial charge in [-0.05, 0) is 48.0 Å². The van der Waals surface area contributed by atoms with Gasteiger partial charge in [-0.15, -0.1) is 0 Å². The molecule has 0 spiro atoms. The maximum atomic E-state index is 12.9. The lowest BCUT2D eigenvalue weighted by Crippen LogP contribution is -2.07. The average molecular weight is 378 g/mol. The van der Waals surface area contributed by atoms with Gasteiger partial charge in [0.2, 0.25) is 0 Å². The van der Waals surface area contributed by atoms with Gasteiger partial charge in [0, 0.05) is 30.8 Å². The molecule has 3 aromatic rings. The van der Waals surface area contributed by atoms with Crippen molar-refractivity contribution in [1.82, 2.24) is 9.97 Å². The van der Waals surface area contributed by atoms with E-state index in [2.05, 4.69) is 15.1 Å². The molecule has 28 heavy (non-hydrogen) atoms. The monoisotopic (exact) mass is 378 g/mol. The summed E-state index contributed by atoms with van der Waals surface area (Å²) in [6.07, 6.45) is 4.59. The first-order chi connectivity index (χ1) is 13.7. The van der Waals surface area contributed by atoms with Gasteiger partial charge in [0.05, 0.1) is 11.4 Å². The number of hydrogen-bond donors (Lipinski definition) is 1. The first-order valence-electron chi connectivity index (χ1n) is 8.91. The van der Waals surface area contributed by atoms with Crippen LogP contribution in [0.3, 0.4) is 0 Å². The average Bonchev–Trinajstić information content (AvgIpc) is 3.17. The van der Waals surface area contributed by atoms with Crippen molar-refractivity contribution < 1.29 is 14.0 Å². The zero-order chi connectivity index (χ0) is 19.3. The third-order valence-corrected chi connectivity index (χ3v) is 4.44. The van der Waals surface area contributed by atoms with Crippen LogP contribution in [-0.4, -0.2) is 15.7 Å². The number of aromatic nitrogens is 2. The Morgan fingerprint density at radius 2 is 1.96 bits per heavy atom. The lowest BCUT2D eigenvalue weighted by molar-refractivity contribution is 0.0860. The molecule has 4 rings (SSSR count). The fraction of sp³-hybridized carbons (Fsp3) is 0.190. The first kappa shape index (κ1) is 17.9. The molecule has 2 aromatic heterocycles. The highest BCUT2D eigenvalue weighted by atomic mass is 19.1. The summed E-state index contributed by atoms with van der Waals surface area (Å²) < 4.78 is 18.5. The van der Waals surface area contributed by atoms with Gasteiger partial charge in [-0.2, -0.15) is 0 Å². The molecule has 1 atom stereocenters. The Morgan fingerprint density at radius 1 is 1.11 bits per heavy atom. The van der Waals surface area contributed by atoms with Crippen molar-refractivity contribution in [3.63, 3.8) is 0 Å². The van der Waals surface area contributed by atoms with Gasteiger partial charge in [-0.3, -0.25) is 4.98 Å². The van der Waals surface area contributed by atoms with E-state index in [9.17, 15) is 4.39 Å². The second-order valence-corrected chi connectivity index (χ2v) is 6.51. The van der Waals surface area contributed by atoms with Crippen LogP contribution in [-0.2, 0) is 17.9 Å². The van der Waals surface area contributed by atoms with Crippen LogP contribution in [0.4, 0.5) is 10.2 Å². The van der Waals surface area contributed by atoms with Crippen LogP contribution in [0.15, 0.2) is 66.1 Å². The highest BCUT2D eigenvalue weighted by molar-refractivity contribution is 5.87. The molecule has 0 saturated heterocycles. The van der Waals surface area contributed by atoms with Gasteiger partial charge >= 0.3 is 0 Å².